The van der Waals surface area contributed by atoms with Gasteiger partial charge in [0.2, 0.25) is 0 Å². The third-order valence-corrected chi connectivity index (χ3v) is 5.95. The van der Waals surface area contributed by atoms with Crippen molar-refractivity contribution in [2.75, 3.05) is 38.6 Å². The lowest BCUT2D eigenvalue weighted by molar-refractivity contribution is 0.0402. The molecule has 1 aromatic heterocycles. The van der Waals surface area contributed by atoms with Crippen molar-refractivity contribution in [3.63, 3.8) is 0 Å². The lowest BCUT2D eigenvalue weighted by atomic mass is 10.1. The molecule has 0 bridgehead atoms. The van der Waals surface area contributed by atoms with Crippen molar-refractivity contribution in [3.8, 4) is 0 Å². The van der Waals surface area contributed by atoms with Gasteiger partial charge >= 0.3 is 0 Å². The number of nitrogens with one attached hydrogen (secondary N) is 1. The van der Waals surface area contributed by atoms with E-state index in [1.165, 1.54) is 0 Å². The number of hydrogen-bond acceptors (Lipinski definition) is 6. The molecule has 33 heavy (non-hydrogen) atoms. The van der Waals surface area contributed by atoms with Gasteiger partial charge in [0.25, 0.3) is 5.91 Å². The Bertz CT molecular complexity index is 1090. The van der Waals surface area contributed by atoms with Gasteiger partial charge in [0, 0.05) is 39.4 Å². The summed E-state index contributed by atoms with van der Waals surface area (Å²) in [6, 6.07) is 18.4. The molecule has 7 heteroatoms. The van der Waals surface area contributed by atoms with Crippen molar-refractivity contribution in [2.45, 2.75) is 26.2 Å². The first-order chi connectivity index (χ1) is 16.1. The van der Waals surface area contributed by atoms with E-state index in [4.69, 9.17) is 4.74 Å². The Balaban J connectivity index is 1.52. The molecule has 0 saturated carbocycles. The molecule has 4 rings (SSSR count). The minimum Gasteiger partial charge on any atom is -0.368 e. The van der Waals surface area contributed by atoms with E-state index in [-0.39, 0.29) is 12.0 Å². The van der Waals surface area contributed by atoms with Gasteiger partial charge in [-0.3, -0.25) is 4.79 Å². The van der Waals surface area contributed by atoms with Crippen LogP contribution in [-0.2, 0) is 17.9 Å². The monoisotopic (exact) mass is 445 g/mol. The Morgan fingerprint density at radius 3 is 2.55 bits per heavy atom. The van der Waals surface area contributed by atoms with E-state index >= 15 is 0 Å². The summed E-state index contributed by atoms with van der Waals surface area (Å²) in [6.45, 7) is 4.88. The van der Waals surface area contributed by atoms with Gasteiger partial charge in [-0.05, 0) is 30.7 Å². The number of likely N-dealkylation sites (N-methyl/N-ethyl adjacent to an activating group) is 2. The molecule has 0 saturated heterocycles. The number of amides is 1. The molecule has 3 aromatic rings. The van der Waals surface area contributed by atoms with Gasteiger partial charge in [0.1, 0.15) is 17.2 Å². The zero-order chi connectivity index (χ0) is 23.2. The second-order valence-electron chi connectivity index (χ2n) is 8.34. The summed E-state index contributed by atoms with van der Waals surface area (Å²) < 4.78 is 6.33. The Morgan fingerprint density at radius 2 is 1.79 bits per heavy atom. The summed E-state index contributed by atoms with van der Waals surface area (Å²) in [6.07, 6.45) is 1.59. The minimum absolute atomic E-state index is 0.0394. The number of benzene rings is 2. The van der Waals surface area contributed by atoms with Gasteiger partial charge in [0.15, 0.2) is 0 Å². The lowest BCUT2D eigenvalue weighted by Gasteiger charge is -2.23. The second-order valence-corrected chi connectivity index (χ2v) is 8.34. The first kappa shape index (κ1) is 22.9. The van der Waals surface area contributed by atoms with Gasteiger partial charge in [-0.15, -0.1) is 0 Å². The molecule has 172 valence electrons. The fourth-order valence-corrected chi connectivity index (χ4v) is 4.07. The summed E-state index contributed by atoms with van der Waals surface area (Å²) in [4.78, 5) is 26.0. The van der Waals surface area contributed by atoms with Gasteiger partial charge < -0.3 is 19.9 Å². The predicted molar refractivity (Wildman–Crippen MR) is 129 cm³/mol. The maximum atomic E-state index is 13.3. The topological polar surface area (TPSA) is 70.6 Å². The summed E-state index contributed by atoms with van der Waals surface area (Å²) >= 11 is 0. The number of carbonyl (C=O) groups excluding carboxylic acids is 1. The number of anilines is 1. The van der Waals surface area contributed by atoms with Crippen LogP contribution in [0.2, 0.25) is 0 Å². The Kier molecular flexibility index (Phi) is 7.32. The number of carbonyl (C=O) groups is 1. The number of hydrogen-bond donors (Lipinski definition) is 1. The van der Waals surface area contributed by atoms with Crippen LogP contribution in [0.3, 0.4) is 0 Å². The molecule has 1 aliphatic rings. The van der Waals surface area contributed by atoms with E-state index < -0.39 is 0 Å². The molecule has 1 unspecified atom stereocenters. The number of fused-ring (bicyclic) bond motifs is 1. The maximum Gasteiger partial charge on any atom is 0.259 e. The zero-order valence-corrected chi connectivity index (χ0v) is 19.5. The van der Waals surface area contributed by atoms with Crippen LogP contribution in [0.25, 0.3) is 0 Å². The van der Waals surface area contributed by atoms with Crippen LogP contribution in [-0.4, -0.2) is 54.5 Å². The van der Waals surface area contributed by atoms with Crippen molar-refractivity contribution in [3.05, 3.63) is 88.9 Å². The van der Waals surface area contributed by atoms with E-state index in [0.717, 1.165) is 23.2 Å². The molecule has 2 heterocycles. The summed E-state index contributed by atoms with van der Waals surface area (Å²) in [5, 5.41) is 3.22. The van der Waals surface area contributed by atoms with Gasteiger partial charge in [0.05, 0.1) is 12.7 Å². The first-order valence-corrected chi connectivity index (χ1v) is 11.3. The van der Waals surface area contributed by atoms with Crippen LogP contribution < -0.4 is 10.2 Å². The van der Waals surface area contributed by atoms with E-state index in [9.17, 15) is 4.79 Å². The molecule has 1 N–H and O–H groups in total. The van der Waals surface area contributed by atoms with Gasteiger partial charge in [-0.25, -0.2) is 9.97 Å². The highest BCUT2D eigenvalue weighted by Crippen LogP contribution is 2.24. The van der Waals surface area contributed by atoms with Crippen molar-refractivity contribution in [1.82, 2.24) is 20.2 Å². The summed E-state index contributed by atoms with van der Waals surface area (Å²) in [7, 11) is 3.90. The summed E-state index contributed by atoms with van der Waals surface area (Å²) in [5.74, 6) is 1.32. The average molecular weight is 446 g/mol. The highest BCUT2D eigenvalue weighted by molar-refractivity contribution is 5.99. The number of nitrogens with zero attached hydrogens (tertiary/aromatic N) is 4. The van der Waals surface area contributed by atoms with E-state index in [1.54, 1.807) is 6.20 Å². The SMILES string of the molecule is CNCC(OCc1ccccc1CN1CCN(C)c2nc(C)ncc2C1=O)c1ccccc1. The smallest absolute Gasteiger partial charge is 0.259 e. The van der Waals surface area contributed by atoms with E-state index in [2.05, 4.69) is 39.6 Å². The molecule has 2 aromatic carbocycles. The molecule has 1 amide bonds. The van der Waals surface area contributed by atoms with Crippen LogP contribution in [0.15, 0.2) is 60.8 Å². The Labute approximate surface area is 195 Å². The molecule has 1 atom stereocenters. The quantitative estimate of drug-likeness (QED) is 0.573. The van der Waals surface area contributed by atoms with Crippen molar-refractivity contribution in [1.29, 1.82) is 0 Å². The summed E-state index contributed by atoms with van der Waals surface area (Å²) in [5.41, 5.74) is 3.86. The maximum absolute atomic E-state index is 13.3. The third kappa shape index (κ3) is 5.38. The second kappa shape index (κ2) is 10.6. The van der Waals surface area contributed by atoms with Crippen molar-refractivity contribution in [2.24, 2.45) is 0 Å². The third-order valence-electron chi connectivity index (χ3n) is 5.95. The standard InChI is InChI=1S/C26H31N5O2/c1-19-28-15-23-25(29-19)30(3)13-14-31(26(23)32)17-21-11-7-8-12-22(21)18-33-24(16-27-2)20-9-5-4-6-10-20/h4-12,15,24,27H,13-14,16-18H2,1-3H3. The van der Waals surface area contributed by atoms with Crippen LogP contribution in [0.1, 0.15) is 39.0 Å². The number of ether oxygens (including phenoxy) is 1. The van der Waals surface area contributed by atoms with Crippen LogP contribution in [0.4, 0.5) is 5.82 Å². The molecular formula is C26H31N5O2. The molecular weight excluding hydrogens is 414 g/mol. The van der Waals surface area contributed by atoms with Gasteiger partial charge in [-0.1, -0.05) is 54.6 Å². The zero-order valence-electron chi connectivity index (χ0n) is 19.5. The minimum atomic E-state index is -0.0509. The number of aromatic nitrogens is 2. The lowest BCUT2D eigenvalue weighted by Crippen LogP contribution is -2.33. The molecule has 0 radical (unpaired) electrons. The molecule has 0 spiro atoms. The molecule has 0 aliphatic carbocycles. The van der Waals surface area contributed by atoms with Crippen LogP contribution in [0, 0.1) is 6.92 Å². The molecule has 0 fully saturated rings. The highest BCUT2D eigenvalue weighted by atomic mass is 16.5. The predicted octanol–water partition coefficient (Wildman–Crippen LogP) is 3.35. The number of rotatable bonds is 8. The first-order valence-electron chi connectivity index (χ1n) is 11.3. The van der Waals surface area contributed by atoms with Crippen LogP contribution in [0.5, 0.6) is 0 Å². The fourth-order valence-electron chi connectivity index (χ4n) is 4.07. The van der Waals surface area contributed by atoms with Crippen LogP contribution >= 0.6 is 0 Å². The van der Waals surface area contributed by atoms with E-state index in [0.29, 0.717) is 43.4 Å². The molecule has 1 aliphatic heterocycles. The average Bonchev–Trinajstić information content (AvgIpc) is 2.95. The largest absolute Gasteiger partial charge is 0.368 e. The van der Waals surface area contributed by atoms with Gasteiger partial charge in [-0.2, -0.15) is 0 Å². The van der Waals surface area contributed by atoms with Crippen molar-refractivity contribution < 1.29 is 9.53 Å². The fraction of sp³-hybridized carbons (Fsp3) is 0.346. The highest BCUT2D eigenvalue weighted by Gasteiger charge is 2.27. The Hall–Kier alpha value is -3.29. The normalized spacial score (nSPS) is 14.7. The van der Waals surface area contributed by atoms with E-state index in [1.807, 2.05) is 61.2 Å². The van der Waals surface area contributed by atoms with Crippen molar-refractivity contribution >= 4 is 11.7 Å². The number of aryl methyl sites for hydroxylation is 1. The Morgan fingerprint density at radius 1 is 1.06 bits per heavy atom. The molecule has 7 nitrogen and oxygen atoms in total.